The van der Waals surface area contributed by atoms with Crippen LogP contribution >= 0.6 is 0 Å². The lowest BCUT2D eigenvalue weighted by Gasteiger charge is -2.29. The fraction of sp³-hybridized carbons (Fsp3) is 0.333. The van der Waals surface area contributed by atoms with Gasteiger partial charge in [0.1, 0.15) is 5.82 Å². The van der Waals surface area contributed by atoms with Gasteiger partial charge >= 0.3 is 0 Å². The summed E-state index contributed by atoms with van der Waals surface area (Å²) >= 11 is 0. The number of benzene rings is 2. The molecule has 174 valence electrons. The Balaban J connectivity index is 1.29. The van der Waals surface area contributed by atoms with Crippen LogP contribution < -0.4 is 10.0 Å². The number of carbonyl (C=O) groups is 1. The summed E-state index contributed by atoms with van der Waals surface area (Å²) in [6.07, 6.45) is 5.24. The Morgan fingerprint density at radius 1 is 1.06 bits per heavy atom. The van der Waals surface area contributed by atoms with Gasteiger partial charge in [-0.15, -0.1) is 0 Å². The zero-order chi connectivity index (χ0) is 23.4. The zero-order valence-electron chi connectivity index (χ0n) is 18.2. The van der Waals surface area contributed by atoms with Crippen molar-refractivity contribution in [3.63, 3.8) is 0 Å². The first-order valence-corrected chi connectivity index (χ1v) is 12.4. The van der Waals surface area contributed by atoms with E-state index in [0.717, 1.165) is 11.1 Å². The molecule has 7 nitrogen and oxygen atoms in total. The average molecular weight is 472 g/mol. The first kappa shape index (κ1) is 23.1. The van der Waals surface area contributed by atoms with E-state index in [1.807, 2.05) is 6.92 Å². The predicted molar refractivity (Wildman–Crippen MR) is 121 cm³/mol. The first-order chi connectivity index (χ1) is 15.8. The molecule has 3 aromatic rings. The summed E-state index contributed by atoms with van der Waals surface area (Å²) in [5.41, 5.74) is 1.58. The maximum atomic E-state index is 13.1. The third kappa shape index (κ3) is 5.66. The second kappa shape index (κ2) is 9.84. The molecular formula is C24H26FN3O4S. The lowest BCUT2D eigenvalue weighted by atomic mass is 9.85. The molecule has 2 aromatic carbocycles. The van der Waals surface area contributed by atoms with Gasteiger partial charge in [0.2, 0.25) is 15.9 Å². The van der Waals surface area contributed by atoms with E-state index in [-0.39, 0.29) is 34.6 Å². The molecule has 0 aliphatic heterocycles. The van der Waals surface area contributed by atoms with Crippen LogP contribution in [0.15, 0.2) is 70.4 Å². The van der Waals surface area contributed by atoms with Crippen LogP contribution in [0.5, 0.6) is 0 Å². The molecule has 1 saturated carbocycles. The number of carbonyl (C=O) groups excluding carboxylic acids is 1. The smallest absolute Gasteiger partial charge is 0.240 e. The molecule has 33 heavy (non-hydrogen) atoms. The fourth-order valence-corrected chi connectivity index (χ4v) is 5.39. The number of halogens is 1. The molecule has 0 unspecified atom stereocenters. The van der Waals surface area contributed by atoms with Crippen LogP contribution in [-0.4, -0.2) is 25.4 Å². The minimum absolute atomic E-state index is 0.0591. The molecule has 4 rings (SSSR count). The van der Waals surface area contributed by atoms with Gasteiger partial charge in [-0.25, -0.2) is 22.5 Å². The number of amides is 1. The van der Waals surface area contributed by atoms with E-state index in [2.05, 4.69) is 15.0 Å². The number of hydrogen-bond donors (Lipinski definition) is 2. The maximum absolute atomic E-state index is 13.1. The van der Waals surface area contributed by atoms with Crippen molar-refractivity contribution in [3.8, 4) is 11.3 Å². The minimum atomic E-state index is -3.67. The third-order valence-corrected chi connectivity index (χ3v) is 7.57. The highest BCUT2D eigenvalue weighted by atomic mass is 32.2. The summed E-state index contributed by atoms with van der Waals surface area (Å²) in [7, 11) is -3.67. The van der Waals surface area contributed by atoms with E-state index in [0.29, 0.717) is 31.4 Å². The first-order valence-electron chi connectivity index (χ1n) is 10.9. The molecule has 1 aliphatic carbocycles. The maximum Gasteiger partial charge on any atom is 0.240 e. The van der Waals surface area contributed by atoms with Gasteiger partial charge in [0.25, 0.3) is 0 Å². The summed E-state index contributed by atoms with van der Waals surface area (Å²) in [5, 5.41) is 2.98. The minimum Gasteiger partial charge on any atom is -0.444 e. The summed E-state index contributed by atoms with van der Waals surface area (Å²) in [6.45, 7) is 1.86. The van der Waals surface area contributed by atoms with Crippen LogP contribution in [-0.2, 0) is 14.8 Å². The molecule has 0 radical (unpaired) electrons. The second-order valence-corrected chi connectivity index (χ2v) is 10.1. The molecule has 9 heteroatoms. The normalized spacial score (nSPS) is 19.7. The second-order valence-electron chi connectivity index (χ2n) is 8.34. The van der Waals surface area contributed by atoms with Crippen LogP contribution in [0, 0.1) is 11.7 Å². The lowest BCUT2D eigenvalue weighted by molar-refractivity contribution is -0.126. The van der Waals surface area contributed by atoms with E-state index in [1.165, 1.54) is 30.7 Å². The zero-order valence-corrected chi connectivity index (χ0v) is 19.0. The Hall–Kier alpha value is -3.04. The molecule has 1 fully saturated rings. The lowest BCUT2D eigenvalue weighted by Crippen LogP contribution is -2.41. The van der Waals surface area contributed by atoms with Gasteiger partial charge in [-0.3, -0.25) is 4.79 Å². The van der Waals surface area contributed by atoms with Crippen LogP contribution in [0.25, 0.3) is 11.3 Å². The van der Waals surface area contributed by atoms with Crippen molar-refractivity contribution in [1.82, 2.24) is 15.0 Å². The Kier molecular flexibility index (Phi) is 6.90. The van der Waals surface area contributed by atoms with Crippen molar-refractivity contribution in [2.75, 3.05) is 0 Å². The Morgan fingerprint density at radius 3 is 2.33 bits per heavy atom. The number of hydrogen-bond acceptors (Lipinski definition) is 5. The van der Waals surface area contributed by atoms with Gasteiger partial charge in [0.05, 0.1) is 17.1 Å². The van der Waals surface area contributed by atoms with Crippen molar-refractivity contribution in [3.05, 3.63) is 72.5 Å². The quantitative estimate of drug-likeness (QED) is 0.538. The molecule has 1 aromatic heterocycles. The number of sulfonamides is 1. The Labute approximate surface area is 192 Å². The number of nitrogens with one attached hydrogen (secondary N) is 2. The van der Waals surface area contributed by atoms with Crippen LogP contribution in [0.3, 0.4) is 0 Å². The van der Waals surface area contributed by atoms with Crippen LogP contribution in [0.4, 0.5) is 4.39 Å². The molecule has 0 spiro atoms. The average Bonchev–Trinajstić information content (AvgIpc) is 3.35. The van der Waals surface area contributed by atoms with E-state index in [4.69, 9.17) is 4.42 Å². The van der Waals surface area contributed by atoms with Crippen molar-refractivity contribution in [1.29, 1.82) is 0 Å². The third-order valence-electron chi connectivity index (χ3n) is 6.03. The van der Waals surface area contributed by atoms with Crippen molar-refractivity contribution >= 4 is 15.9 Å². The Bertz CT molecular complexity index is 1170. The van der Waals surface area contributed by atoms with Crippen LogP contribution in [0.2, 0.25) is 0 Å². The summed E-state index contributed by atoms with van der Waals surface area (Å²) in [5.74, 6) is 0.0204. The number of rotatable bonds is 7. The predicted octanol–water partition coefficient (Wildman–Crippen LogP) is 4.20. The van der Waals surface area contributed by atoms with Gasteiger partial charge in [-0.05, 0) is 74.6 Å². The monoisotopic (exact) mass is 471 g/mol. The van der Waals surface area contributed by atoms with Gasteiger partial charge in [0, 0.05) is 17.5 Å². The SMILES string of the molecule is C[C@@H](NC(=O)C1CCC(NS(=O)(=O)c2ccc(-c3cnco3)cc2)CC1)c1ccc(F)cc1. The number of nitrogens with zero attached hydrogens (tertiary/aromatic N) is 1. The van der Waals surface area contributed by atoms with Gasteiger partial charge in [-0.1, -0.05) is 12.1 Å². The van der Waals surface area contributed by atoms with E-state index < -0.39 is 10.0 Å². The van der Waals surface area contributed by atoms with Crippen molar-refractivity contribution in [2.24, 2.45) is 5.92 Å². The van der Waals surface area contributed by atoms with Gasteiger partial charge in [-0.2, -0.15) is 0 Å². The molecule has 0 saturated heterocycles. The largest absolute Gasteiger partial charge is 0.444 e. The van der Waals surface area contributed by atoms with Gasteiger partial charge < -0.3 is 9.73 Å². The molecule has 2 N–H and O–H groups in total. The molecular weight excluding hydrogens is 445 g/mol. The molecule has 1 amide bonds. The highest BCUT2D eigenvalue weighted by Gasteiger charge is 2.29. The highest BCUT2D eigenvalue weighted by Crippen LogP contribution is 2.27. The van der Waals surface area contributed by atoms with E-state index in [1.54, 1.807) is 30.5 Å². The summed E-state index contributed by atoms with van der Waals surface area (Å²) in [4.78, 5) is 16.7. The van der Waals surface area contributed by atoms with Crippen LogP contribution in [0.1, 0.15) is 44.2 Å². The molecule has 0 bridgehead atoms. The fourth-order valence-electron chi connectivity index (χ4n) is 4.08. The molecule has 1 heterocycles. The van der Waals surface area contributed by atoms with Crippen molar-refractivity contribution < 1.29 is 22.0 Å². The summed E-state index contributed by atoms with van der Waals surface area (Å²) < 4.78 is 46.7. The molecule has 1 aliphatic rings. The van der Waals surface area contributed by atoms with Crippen molar-refractivity contribution in [2.45, 2.75) is 49.6 Å². The topological polar surface area (TPSA) is 101 Å². The summed E-state index contributed by atoms with van der Waals surface area (Å²) in [6, 6.07) is 12.0. The van der Waals surface area contributed by atoms with Gasteiger partial charge in [0.15, 0.2) is 12.2 Å². The Morgan fingerprint density at radius 2 is 1.73 bits per heavy atom. The highest BCUT2D eigenvalue weighted by molar-refractivity contribution is 7.89. The number of aromatic nitrogens is 1. The van der Waals surface area contributed by atoms with E-state index >= 15 is 0 Å². The molecule has 1 atom stereocenters. The van der Waals surface area contributed by atoms with E-state index in [9.17, 15) is 17.6 Å². The standard InChI is InChI=1S/C24H26FN3O4S/c1-16(17-2-8-20(25)9-3-17)27-24(29)19-4-10-21(11-5-19)28-33(30,31)22-12-6-18(7-13-22)23-14-26-15-32-23/h2-3,6-9,12-16,19,21,28H,4-5,10-11H2,1H3,(H,27,29)/t16-,19?,21?/m1/s1. The number of oxazole rings is 1.